The number of thiocarbonyl (C=S) groups is 1. The second-order valence-corrected chi connectivity index (χ2v) is 7.47. The SMILES string of the molecule is S=C(NCCc1ccccc1)NN1Cc2c(ccc3ccccc23)S1. The van der Waals surface area contributed by atoms with E-state index in [-0.39, 0.29) is 0 Å². The van der Waals surface area contributed by atoms with Gasteiger partial charge in [0.05, 0.1) is 6.54 Å². The van der Waals surface area contributed by atoms with E-state index >= 15 is 0 Å². The normalized spacial score (nSPS) is 13.6. The summed E-state index contributed by atoms with van der Waals surface area (Å²) in [5, 5.41) is 6.56. The predicted molar refractivity (Wildman–Crippen MR) is 109 cm³/mol. The summed E-state index contributed by atoms with van der Waals surface area (Å²) in [4.78, 5) is 1.29. The first-order valence-electron chi connectivity index (χ1n) is 8.34. The highest BCUT2D eigenvalue weighted by atomic mass is 32.2. The lowest BCUT2D eigenvalue weighted by Gasteiger charge is -2.18. The lowest BCUT2D eigenvalue weighted by Crippen LogP contribution is -2.42. The molecule has 0 aromatic heterocycles. The van der Waals surface area contributed by atoms with Crippen molar-refractivity contribution in [2.45, 2.75) is 17.9 Å². The zero-order chi connectivity index (χ0) is 17.1. The van der Waals surface area contributed by atoms with E-state index < -0.39 is 0 Å². The average molecular weight is 366 g/mol. The van der Waals surface area contributed by atoms with Gasteiger partial charge in [-0.25, -0.2) is 0 Å². The van der Waals surface area contributed by atoms with Gasteiger partial charge in [-0.15, -0.1) is 0 Å². The van der Waals surface area contributed by atoms with Crippen LogP contribution in [0.1, 0.15) is 11.1 Å². The van der Waals surface area contributed by atoms with Gasteiger partial charge in [0.15, 0.2) is 5.11 Å². The Kier molecular flexibility index (Phi) is 4.88. The van der Waals surface area contributed by atoms with Crippen molar-refractivity contribution in [3.63, 3.8) is 0 Å². The van der Waals surface area contributed by atoms with E-state index in [0.29, 0.717) is 5.11 Å². The molecule has 1 aliphatic heterocycles. The van der Waals surface area contributed by atoms with Gasteiger partial charge in [0, 0.05) is 11.4 Å². The van der Waals surface area contributed by atoms with Crippen LogP contribution in [0.15, 0.2) is 71.6 Å². The van der Waals surface area contributed by atoms with Crippen LogP contribution in [0.2, 0.25) is 0 Å². The molecule has 2 N–H and O–H groups in total. The molecule has 25 heavy (non-hydrogen) atoms. The first-order valence-corrected chi connectivity index (χ1v) is 9.52. The van der Waals surface area contributed by atoms with Crippen molar-refractivity contribution in [3.05, 3.63) is 77.9 Å². The van der Waals surface area contributed by atoms with Gasteiger partial charge in [-0.2, -0.15) is 4.41 Å². The number of hydrazine groups is 1. The maximum atomic E-state index is 5.44. The van der Waals surface area contributed by atoms with Crippen molar-refractivity contribution in [2.75, 3.05) is 6.54 Å². The van der Waals surface area contributed by atoms with Crippen LogP contribution >= 0.6 is 24.2 Å². The smallest absolute Gasteiger partial charge is 0.181 e. The zero-order valence-corrected chi connectivity index (χ0v) is 15.4. The second-order valence-electron chi connectivity index (χ2n) is 5.99. The fourth-order valence-corrected chi connectivity index (χ4v) is 4.29. The van der Waals surface area contributed by atoms with Crippen LogP contribution in [0.3, 0.4) is 0 Å². The number of nitrogens with zero attached hydrogens (tertiary/aromatic N) is 1. The summed E-state index contributed by atoms with van der Waals surface area (Å²) in [6, 6.07) is 23.3. The van der Waals surface area contributed by atoms with Crippen LogP contribution in [0.25, 0.3) is 10.8 Å². The Hall–Kier alpha value is -2.08. The molecule has 0 radical (unpaired) electrons. The molecule has 4 rings (SSSR count). The third kappa shape index (κ3) is 3.79. The van der Waals surface area contributed by atoms with Crippen molar-refractivity contribution >= 4 is 40.1 Å². The highest BCUT2D eigenvalue weighted by molar-refractivity contribution is 7.97. The van der Waals surface area contributed by atoms with Crippen LogP contribution < -0.4 is 10.7 Å². The van der Waals surface area contributed by atoms with Crippen molar-refractivity contribution < 1.29 is 0 Å². The van der Waals surface area contributed by atoms with Gasteiger partial charge in [-0.3, -0.25) is 5.43 Å². The molecule has 1 heterocycles. The van der Waals surface area contributed by atoms with Gasteiger partial charge in [0.1, 0.15) is 0 Å². The molecule has 1 aliphatic rings. The molecule has 0 amide bonds. The molecule has 0 spiro atoms. The van der Waals surface area contributed by atoms with Gasteiger partial charge in [-0.05, 0) is 58.6 Å². The summed E-state index contributed by atoms with van der Waals surface area (Å²) < 4.78 is 2.09. The van der Waals surface area contributed by atoms with E-state index in [0.717, 1.165) is 19.5 Å². The number of nitrogens with one attached hydrogen (secondary N) is 2. The lowest BCUT2D eigenvalue weighted by atomic mass is 10.0. The van der Waals surface area contributed by atoms with Gasteiger partial charge >= 0.3 is 0 Å². The zero-order valence-electron chi connectivity index (χ0n) is 13.7. The van der Waals surface area contributed by atoms with E-state index in [9.17, 15) is 0 Å². The third-order valence-electron chi connectivity index (χ3n) is 4.28. The van der Waals surface area contributed by atoms with Crippen molar-refractivity contribution in [2.24, 2.45) is 0 Å². The third-order valence-corrected chi connectivity index (χ3v) is 5.53. The van der Waals surface area contributed by atoms with Gasteiger partial charge < -0.3 is 5.32 Å². The van der Waals surface area contributed by atoms with E-state index in [1.807, 2.05) is 6.07 Å². The Morgan fingerprint density at radius 1 is 1.00 bits per heavy atom. The minimum atomic E-state index is 0.667. The fourth-order valence-electron chi connectivity index (χ4n) is 3.04. The van der Waals surface area contributed by atoms with E-state index in [4.69, 9.17) is 12.2 Å². The molecule has 3 nitrogen and oxygen atoms in total. The van der Waals surface area contributed by atoms with E-state index in [1.165, 1.54) is 26.8 Å². The van der Waals surface area contributed by atoms with Crippen molar-refractivity contribution in [3.8, 4) is 0 Å². The molecular weight excluding hydrogens is 346 g/mol. The molecule has 5 heteroatoms. The Morgan fingerprint density at radius 3 is 2.68 bits per heavy atom. The molecule has 0 saturated heterocycles. The molecule has 0 fully saturated rings. The summed E-state index contributed by atoms with van der Waals surface area (Å²) >= 11 is 7.14. The number of hydrogen-bond donors (Lipinski definition) is 2. The van der Waals surface area contributed by atoms with Crippen LogP contribution in [0.5, 0.6) is 0 Å². The maximum absolute atomic E-state index is 5.44. The predicted octanol–water partition coefficient (Wildman–Crippen LogP) is 4.28. The Morgan fingerprint density at radius 2 is 1.80 bits per heavy atom. The monoisotopic (exact) mass is 365 g/mol. The first-order chi connectivity index (χ1) is 12.3. The minimum absolute atomic E-state index is 0.667. The van der Waals surface area contributed by atoms with Crippen molar-refractivity contribution in [1.82, 2.24) is 15.2 Å². The number of benzene rings is 3. The summed E-state index contributed by atoms with van der Waals surface area (Å²) in [6.45, 7) is 1.66. The molecule has 126 valence electrons. The van der Waals surface area contributed by atoms with Crippen LogP contribution in [-0.4, -0.2) is 16.1 Å². The van der Waals surface area contributed by atoms with Crippen molar-refractivity contribution in [1.29, 1.82) is 0 Å². The fraction of sp³-hybridized carbons (Fsp3) is 0.150. The molecule has 0 unspecified atom stereocenters. The molecule has 0 aliphatic carbocycles. The molecule has 0 atom stereocenters. The quantitative estimate of drug-likeness (QED) is 0.532. The summed E-state index contributed by atoms with van der Waals surface area (Å²) in [5.41, 5.74) is 5.97. The summed E-state index contributed by atoms with van der Waals surface area (Å²) in [5.74, 6) is 0. The summed E-state index contributed by atoms with van der Waals surface area (Å²) in [7, 11) is 0. The van der Waals surface area contributed by atoms with Gasteiger partial charge in [0.25, 0.3) is 0 Å². The summed E-state index contributed by atoms with van der Waals surface area (Å²) in [6.07, 6.45) is 0.959. The van der Waals surface area contributed by atoms with Crippen LogP contribution in [0, 0.1) is 0 Å². The maximum Gasteiger partial charge on any atom is 0.181 e. The lowest BCUT2D eigenvalue weighted by molar-refractivity contribution is 0.433. The molecular formula is C20H19N3S2. The highest BCUT2D eigenvalue weighted by Gasteiger charge is 2.22. The molecule has 0 saturated carbocycles. The molecule has 3 aromatic carbocycles. The highest BCUT2D eigenvalue weighted by Crippen LogP contribution is 2.38. The molecule has 3 aromatic rings. The number of fused-ring (bicyclic) bond motifs is 3. The van der Waals surface area contributed by atoms with E-state index in [1.54, 1.807) is 11.9 Å². The Bertz CT molecular complexity index is 896. The first kappa shape index (κ1) is 16.4. The molecule has 0 bridgehead atoms. The van der Waals surface area contributed by atoms with Gasteiger partial charge in [-0.1, -0.05) is 60.7 Å². The van der Waals surface area contributed by atoms with E-state index in [2.05, 4.69) is 75.8 Å². The van der Waals surface area contributed by atoms with Crippen LogP contribution in [0.4, 0.5) is 0 Å². The standard InChI is InChI=1S/C20H19N3S2/c24-20(21-13-12-15-6-2-1-3-7-15)22-23-14-18-17-9-5-4-8-16(17)10-11-19(18)25-23/h1-11H,12-14H2,(H2,21,22,24). The number of rotatable bonds is 4. The average Bonchev–Trinajstić information content (AvgIpc) is 3.05. The minimum Gasteiger partial charge on any atom is -0.361 e. The Labute approximate surface area is 157 Å². The topological polar surface area (TPSA) is 27.3 Å². The van der Waals surface area contributed by atoms with Gasteiger partial charge in [0.2, 0.25) is 0 Å². The largest absolute Gasteiger partial charge is 0.361 e. The van der Waals surface area contributed by atoms with Crippen LogP contribution in [-0.2, 0) is 13.0 Å². The number of hydrogen-bond acceptors (Lipinski definition) is 3. The second kappa shape index (κ2) is 7.44. The Balaban J connectivity index is 1.33.